The number of likely N-dealkylation sites (tertiary alicyclic amines) is 1. The number of hydrogen-bond donors (Lipinski definition) is 2. The van der Waals surface area contributed by atoms with E-state index in [1.165, 1.54) is 0 Å². The molecule has 0 aliphatic carbocycles. The molecule has 1 amide bonds. The Bertz CT molecular complexity index is 281. The Hall–Kier alpha value is -0.650. The summed E-state index contributed by atoms with van der Waals surface area (Å²) in [6, 6.07) is 0. The number of aliphatic hydroxyl groups is 1. The Morgan fingerprint density at radius 3 is 3.12 bits per heavy atom. The average Bonchev–Trinajstić information content (AvgIpc) is 2.29. The number of carbonyl (C=O) groups excluding carboxylic acids is 1. The van der Waals surface area contributed by atoms with Gasteiger partial charge in [-0.15, -0.1) is 0 Å². The molecule has 2 atom stereocenters. The second-order valence-electron chi connectivity index (χ2n) is 5.14. The van der Waals surface area contributed by atoms with Crippen LogP contribution < -0.4 is 5.73 Å². The smallest absolute Gasteiger partial charge is 0.223 e. The quantitative estimate of drug-likeness (QED) is 0.707. The molecule has 2 heterocycles. The Kier molecular flexibility index (Phi) is 4.01. The summed E-state index contributed by atoms with van der Waals surface area (Å²) >= 11 is 0. The minimum Gasteiger partial charge on any atom is -0.393 e. The van der Waals surface area contributed by atoms with E-state index in [1.807, 2.05) is 4.90 Å². The molecule has 3 N–H and O–H groups in total. The van der Waals surface area contributed by atoms with Crippen molar-refractivity contribution in [2.75, 3.05) is 26.2 Å². The summed E-state index contributed by atoms with van der Waals surface area (Å²) in [5.74, 6) is 0.107. The normalized spacial score (nSPS) is 34.0. The number of rotatable bonds is 2. The first-order valence-electron chi connectivity index (χ1n) is 6.45. The van der Waals surface area contributed by atoms with Crippen molar-refractivity contribution in [3.8, 4) is 0 Å². The van der Waals surface area contributed by atoms with Gasteiger partial charge in [-0.2, -0.15) is 0 Å². The highest BCUT2D eigenvalue weighted by Crippen LogP contribution is 2.33. The van der Waals surface area contributed by atoms with Crippen LogP contribution in [0.3, 0.4) is 0 Å². The van der Waals surface area contributed by atoms with E-state index >= 15 is 0 Å². The topological polar surface area (TPSA) is 75.8 Å². The Morgan fingerprint density at radius 1 is 1.59 bits per heavy atom. The van der Waals surface area contributed by atoms with E-state index in [1.54, 1.807) is 0 Å². The summed E-state index contributed by atoms with van der Waals surface area (Å²) in [7, 11) is 0. The highest BCUT2D eigenvalue weighted by atomic mass is 16.5. The number of aliphatic hydroxyl groups excluding tert-OH is 1. The van der Waals surface area contributed by atoms with Gasteiger partial charge in [0.1, 0.15) is 0 Å². The number of carbonyl (C=O) groups is 1. The molecule has 2 aliphatic rings. The lowest BCUT2D eigenvalue weighted by Crippen LogP contribution is -2.55. The molecule has 2 aliphatic heterocycles. The maximum absolute atomic E-state index is 11.8. The first kappa shape index (κ1) is 12.8. The molecular weight excluding hydrogens is 220 g/mol. The van der Waals surface area contributed by atoms with Crippen molar-refractivity contribution in [1.82, 2.24) is 4.90 Å². The van der Waals surface area contributed by atoms with Gasteiger partial charge in [-0.3, -0.25) is 4.79 Å². The first-order chi connectivity index (χ1) is 8.15. The summed E-state index contributed by atoms with van der Waals surface area (Å²) in [6.45, 7) is 2.40. The minimum absolute atomic E-state index is 0.107. The van der Waals surface area contributed by atoms with Crippen LogP contribution in [-0.2, 0) is 9.53 Å². The van der Waals surface area contributed by atoms with E-state index in [0.717, 1.165) is 19.4 Å². The van der Waals surface area contributed by atoms with E-state index in [0.29, 0.717) is 39.0 Å². The number of hydrogen-bond acceptors (Lipinski definition) is 4. The third kappa shape index (κ3) is 2.97. The summed E-state index contributed by atoms with van der Waals surface area (Å²) in [5, 5.41) is 9.75. The lowest BCUT2D eigenvalue weighted by molar-refractivity contribution is -0.160. The Balaban J connectivity index is 1.98. The molecule has 0 aromatic rings. The lowest BCUT2D eigenvalue weighted by Gasteiger charge is -2.46. The van der Waals surface area contributed by atoms with E-state index in [2.05, 4.69) is 0 Å². The molecule has 17 heavy (non-hydrogen) atoms. The van der Waals surface area contributed by atoms with Crippen LogP contribution in [0.4, 0.5) is 0 Å². The van der Waals surface area contributed by atoms with E-state index in [-0.39, 0.29) is 17.6 Å². The number of piperidine rings is 1. The van der Waals surface area contributed by atoms with Crippen molar-refractivity contribution in [3.05, 3.63) is 0 Å². The Morgan fingerprint density at radius 2 is 2.41 bits per heavy atom. The fourth-order valence-corrected chi connectivity index (χ4v) is 2.88. The van der Waals surface area contributed by atoms with Gasteiger partial charge in [-0.1, -0.05) is 0 Å². The van der Waals surface area contributed by atoms with E-state index in [9.17, 15) is 9.90 Å². The number of ether oxygens (including phenoxy) is 1. The van der Waals surface area contributed by atoms with Crippen LogP contribution in [0.1, 0.15) is 32.1 Å². The second-order valence-corrected chi connectivity index (χ2v) is 5.14. The van der Waals surface area contributed by atoms with Gasteiger partial charge in [0.05, 0.1) is 11.7 Å². The molecular formula is C12H22N2O3. The highest BCUT2D eigenvalue weighted by molar-refractivity contribution is 5.76. The maximum Gasteiger partial charge on any atom is 0.223 e. The zero-order valence-electron chi connectivity index (χ0n) is 10.2. The minimum atomic E-state index is -0.305. The molecule has 98 valence electrons. The number of amides is 1. The van der Waals surface area contributed by atoms with Crippen LogP contribution in [0.2, 0.25) is 0 Å². The van der Waals surface area contributed by atoms with Crippen molar-refractivity contribution in [3.63, 3.8) is 0 Å². The van der Waals surface area contributed by atoms with E-state index in [4.69, 9.17) is 10.5 Å². The number of nitrogens with two attached hydrogens (primary N) is 1. The summed E-state index contributed by atoms with van der Waals surface area (Å²) in [5.41, 5.74) is 5.10. The largest absolute Gasteiger partial charge is 0.393 e. The third-order valence-corrected chi connectivity index (χ3v) is 3.72. The average molecular weight is 242 g/mol. The maximum atomic E-state index is 11.8. The van der Waals surface area contributed by atoms with Gasteiger partial charge >= 0.3 is 0 Å². The standard InChI is InChI=1S/C12H22N2O3/c13-5-2-11(16)14-6-1-4-12(9-14)8-10(15)3-7-17-12/h10,15H,1-9,13H2/t10-,12-/m0/s1. The molecule has 0 aromatic carbocycles. The third-order valence-electron chi connectivity index (χ3n) is 3.72. The van der Waals surface area contributed by atoms with Gasteiger partial charge in [0, 0.05) is 39.1 Å². The van der Waals surface area contributed by atoms with Crippen molar-refractivity contribution < 1.29 is 14.6 Å². The summed E-state index contributed by atoms with van der Waals surface area (Å²) in [4.78, 5) is 13.7. The van der Waals surface area contributed by atoms with Crippen LogP contribution >= 0.6 is 0 Å². The van der Waals surface area contributed by atoms with Gasteiger partial charge in [-0.05, 0) is 19.3 Å². The predicted molar refractivity (Wildman–Crippen MR) is 63.4 cm³/mol. The monoisotopic (exact) mass is 242 g/mol. The molecule has 2 fully saturated rings. The molecule has 0 aromatic heterocycles. The molecule has 0 saturated carbocycles. The van der Waals surface area contributed by atoms with Gasteiger partial charge in [0.15, 0.2) is 0 Å². The summed E-state index contributed by atoms with van der Waals surface area (Å²) in [6.07, 6.45) is 3.36. The van der Waals surface area contributed by atoms with Crippen LogP contribution in [0.15, 0.2) is 0 Å². The molecule has 0 bridgehead atoms. The van der Waals surface area contributed by atoms with Gasteiger partial charge < -0.3 is 20.5 Å². The Labute approximate surface area is 102 Å². The zero-order valence-corrected chi connectivity index (χ0v) is 10.2. The zero-order chi connectivity index (χ0) is 12.3. The van der Waals surface area contributed by atoms with Crippen LogP contribution in [0.25, 0.3) is 0 Å². The van der Waals surface area contributed by atoms with E-state index < -0.39 is 0 Å². The fraction of sp³-hybridized carbons (Fsp3) is 0.917. The van der Waals surface area contributed by atoms with Crippen molar-refractivity contribution in [2.45, 2.75) is 43.8 Å². The van der Waals surface area contributed by atoms with Crippen LogP contribution in [-0.4, -0.2) is 53.9 Å². The van der Waals surface area contributed by atoms with Gasteiger partial charge in [0.2, 0.25) is 5.91 Å². The predicted octanol–water partition coefficient (Wildman–Crippen LogP) is -0.132. The first-order valence-corrected chi connectivity index (χ1v) is 6.45. The summed E-state index contributed by atoms with van der Waals surface area (Å²) < 4.78 is 5.85. The van der Waals surface area contributed by atoms with Crippen LogP contribution in [0.5, 0.6) is 0 Å². The van der Waals surface area contributed by atoms with Crippen molar-refractivity contribution in [2.24, 2.45) is 5.73 Å². The van der Waals surface area contributed by atoms with Gasteiger partial charge in [-0.25, -0.2) is 0 Å². The van der Waals surface area contributed by atoms with Crippen molar-refractivity contribution in [1.29, 1.82) is 0 Å². The highest BCUT2D eigenvalue weighted by Gasteiger charge is 2.41. The SMILES string of the molecule is NCCC(=O)N1CCC[C@]2(C[C@@H](O)CCO2)C1. The van der Waals surface area contributed by atoms with Crippen LogP contribution in [0, 0.1) is 0 Å². The molecule has 1 spiro atoms. The number of nitrogens with zero attached hydrogens (tertiary/aromatic N) is 1. The molecule has 2 saturated heterocycles. The molecule has 5 heteroatoms. The fourth-order valence-electron chi connectivity index (χ4n) is 2.88. The second kappa shape index (κ2) is 5.33. The van der Waals surface area contributed by atoms with Crippen molar-refractivity contribution >= 4 is 5.91 Å². The van der Waals surface area contributed by atoms with Gasteiger partial charge in [0.25, 0.3) is 0 Å². The molecule has 5 nitrogen and oxygen atoms in total. The lowest BCUT2D eigenvalue weighted by atomic mass is 9.84. The molecule has 0 radical (unpaired) electrons. The molecule has 2 rings (SSSR count). The molecule has 0 unspecified atom stereocenters.